The second-order valence-electron chi connectivity index (χ2n) is 13.2. The van der Waals surface area contributed by atoms with Crippen LogP contribution in [0.2, 0.25) is 0 Å². The van der Waals surface area contributed by atoms with E-state index < -0.39 is 23.4 Å². The number of piperidine rings is 2. The fourth-order valence-corrected chi connectivity index (χ4v) is 8.26. The van der Waals surface area contributed by atoms with Crippen LogP contribution < -0.4 is 26.9 Å². The number of nitrogens with one attached hydrogen (secondary N) is 5. The zero-order chi connectivity index (χ0) is 28.0. The molecule has 4 saturated heterocycles. The summed E-state index contributed by atoms with van der Waals surface area (Å²) in [5.74, 6) is -1.45. The number of hydroxylamine groups is 1. The highest BCUT2D eigenvalue weighted by Gasteiger charge is 2.58. The van der Waals surface area contributed by atoms with E-state index in [1.165, 1.54) is 12.8 Å². The van der Waals surface area contributed by atoms with Crippen molar-refractivity contribution < 1.29 is 22.8 Å². The molecule has 5 atom stereocenters. The lowest BCUT2D eigenvalue weighted by Crippen LogP contribution is -2.59. The molecular weight excluding hydrogens is 521 g/mol. The number of hydrazine groups is 1. The molecule has 1 amide bonds. The lowest BCUT2D eigenvalue weighted by atomic mass is 9.61. The molecule has 5 aliphatic rings. The van der Waals surface area contributed by atoms with Gasteiger partial charge in [-0.25, -0.2) is 5.01 Å². The van der Waals surface area contributed by atoms with Crippen LogP contribution in [0.5, 0.6) is 0 Å². The van der Waals surface area contributed by atoms with E-state index in [9.17, 15) is 18.0 Å². The van der Waals surface area contributed by atoms with Crippen molar-refractivity contribution in [2.45, 2.75) is 108 Å². The van der Waals surface area contributed by atoms with Crippen molar-refractivity contribution >= 4 is 5.91 Å². The van der Waals surface area contributed by atoms with E-state index in [2.05, 4.69) is 26.9 Å². The predicted octanol–water partition coefficient (Wildman–Crippen LogP) is 3.25. The molecule has 1 aliphatic carbocycles. The van der Waals surface area contributed by atoms with Gasteiger partial charge in [0.05, 0.1) is 18.1 Å². The molecule has 230 valence electrons. The van der Waals surface area contributed by atoms with E-state index in [0.29, 0.717) is 57.9 Å². The minimum atomic E-state index is -4.22. The van der Waals surface area contributed by atoms with Gasteiger partial charge in [-0.15, -0.1) is 0 Å². The van der Waals surface area contributed by atoms with Gasteiger partial charge in [-0.05, 0) is 62.6 Å². The highest BCUT2D eigenvalue weighted by atomic mass is 19.4. The number of rotatable bonds is 5. The standard InChI is InChI=1S/C29H51F3N6O2/c30-29(31,32)26-22(16-34-20-28(26)11-7-5-3-1-2-4-6-8-12-28)18-38-19-23(17-35-38)36-27(39)24-15-25(40-37-24)21-9-13-33-14-10-21/h21-26,33-35,37H,1-20H2,(H,36,39). The van der Waals surface area contributed by atoms with Crippen molar-refractivity contribution in [3.8, 4) is 0 Å². The Bertz CT molecular complexity index is 799. The van der Waals surface area contributed by atoms with Crippen molar-refractivity contribution in [2.24, 2.45) is 23.2 Å². The Labute approximate surface area is 237 Å². The highest BCUT2D eigenvalue weighted by molar-refractivity contribution is 5.82. The molecule has 0 aromatic rings. The summed E-state index contributed by atoms with van der Waals surface area (Å²) in [6, 6.07) is -0.526. The monoisotopic (exact) mass is 572 g/mol. The second-order valence-corrected chi connectivity index (χ2v) is 13.2. The van der Waals surface area contributed by atoms with E-state index in [-0.39, 0.29) is 24.1 Å². The van der Waals surface area contributed by atoms with Crippen molar-refractivity contribution in [1.82, 2.24) is 31.9 Å². The van der Waals surface area contributed by atoms with Crippen molar-refractivity contribution in [1.29, 1.82) is 0 Å². The van der Waals surface area contributed by atoms with Crippen LogP contribution >= 0.6 is 0 Å². The summed E-state index contributed by atoms with van der Waals surface area (Å²) < 4.78 is 44.5. The maximum Gasteiger partial charge on any atom is 0.392 e. The molecular formula is C29H51F3N6O2. The Morgan fingerprint density at radius 2 is 1.62 bits per heavy atom. The molecule has 0 radical (unpaired) electrons. The third kappa shape index (κ3) is 7.69. The minimum Gasteiger partial charge on any atom is -0.349 e. The zero-order valence-electron chi connectivity index (χ0n) is 24.0. The van der Waals surface area contributed by atoms with E-state index >= 15 is 0 Å². The molecule has 5 rings (SSSR count). The van der Waals surface area contributed by atoms with Crippen LogP contribution in [-0.2, 0) is 9.63 Å². The number of hydrogen-bond acceptors (Lipinski definition) is 7. The Kier molecular flexibility index (Phi) is 10.7. The first-order chi connectivity index (χ1) is 19.3. The second kappa shape index (κ2) is 14.0. The van der Waals surface area contributed by atoms with E-state index in [0.717, 1.165) is 64.5 Å². The number of carbonyl (C=O) groups is 1. The summed E-state index contributed by atoms with van der Waals surface area (Å²) in [6.07, 6.45) is 8.41. The smallest absolute Gasteiger partial charge is 0.349 e. The maximum atomic E-state index is 14.8. The first kappa shape index (κ1) is 30.5. The number of halogens is 3. The molecule has 5 unspecified atom stereocenters. The normalized spacial score (nSPS) is 35.4. The van der Waals surface area contributed by atoms with Crippen LogP contribution in [0.15, 0.2) is 0 Å². The molecule has 4 heterocycles. The molecule has 5 fully saturated rings. The van der Waals surface area contributed by atoms with Crippen LogP contribution in [0.4, 0.5) is 13.2 Å². The zero-order valence-corrected chi connectivity index (χ0v) is 24.0. The van der Waals surface area contributed by atoms with Crippen LogP contribution in [-0.4, -0.2) is 81.1 Å². The van der Waals surface area contributed by atoms with E-state index in [1.54, 1.807) is 0 Å². The van der Waals surface area contributed by atoms with Gasteiger partial charge in [0, 0.05) is 32.6 Å². The molecule has 11 heteroatoms. The van der Waals surface area contributed by atoms with Gasteiger partial charge >= 0.3 is 6.18 Å². The van der Waals surface area contributed by atoms with E-state index in [4.69, 9.17) is 4.84 Å². The molecule has 0 bridgehead atoms. The third-order valence-electron chi connectivity index (χ3n) is 10.3. The fraction of sp³-hybridized carbons (Fsp3) is 0.966. The minimum absolute atomic E-state index is 0.0489. The Morgan fingerprint density at radius 3 is 2.30 bits per heavy atom. The number of nitrogens with zero attached hydrogens (tertiary/aromatic N) is 1. The Morgan fingerprint density at radius 1 is 0.950 bits per heavy atom. The van der Waals surface area contributed by atoms with Gasteiger partial charge < -0.3 is 16.0 Å². The molecule has 0 aromatic carbocycles. The third-order valence-corrected chi connectivity index (χ3v) is 10.3. The number of alkyl halides is 3. The number of amides is 1. The molecule has 5 N–H and O–H groups in total. The predicted molar refractivity (Wildman–Crippen MR) is 148 cm³/mol. The van der Waals surface area contributed by atoms with Gasteiger partial charge in [-0.1, -0.05) is 51.4 Å². The van der Waals surface area contributed by atoms with Crippen LogP contribution in [0.3, 0.4) is 0 Å². The van der Waals surface area contributed by atoms with Gasteiger partial charge in [-0.3, -0.25) is 15.1 Å². The van der Waals surface area contributed by atoms with Crippen LogP contribution in [0.1, 0.15) is 83.5 Å². The SMILES string of the molecule is O=C(NC1CNN(CC2CNCC3(CCCCCCCCCC3)C2C(F)(F)F)C1)C1CC(C2CCNCC2)ON1. The van der Waals surface area contributed by atoms with Crippen LogP contribution in [0.25, 0.3) is 0 Å². The number of carbonyl (C=O) groups excluding carboxylic acids is 1. The quantitative estimate of drug-likeness (QED) is 0.346. The topological polar surface area (TPSA) is 89.7 Å². The lowest BCUT2D eigenvalue weighted by molar-refractivity contribution is -0.235. The number of hydrogen-bond donors (Lipinski definition) is 5. The summed E-state index contributed by atoms with van der Waals surface area (Å²) in [5, 5.41) is 11.8. The van der Waals surface area contributed by atoms with Crippen molar-refractivity contribution in [3.63, 3.8) is 0 Å². The summed E-state index contributed by atoms with van der Waals surface area (Å²) in [4.78, 5) is 18.7. The van der Waals surface area contributed by atoms with Gasteiger partial charge in [0.2, 0.25) is 5.91 Å². The van der Waals surface area contributed by atoms with Gasteiger partial charge in [0.15, 0.2) is 0 Å². The average Bonchev–Trinajstić information content (AvgIpc) is 3.59. The van der Waals surface area contributed by atoms with E-state index in [1.807, 2.05) is 5.01 Å². The first-order valence-corrected chi connectivity index (χ1v) is 16.0. The van der Waals surface area contributed by atoms with Gasteiger partial charge in [0.1, 0.15) is 6.04 Å². The summed E-state index contributed by atoms with van der Waals surface area (Å²) in [5.41, 5.74) is 5.50. The molecule has 8 nitrogen and oxygen atoms in total. The Hall–Kier alpha value is -0.980. The fourth-order valence-electron chi connectivity index (χ4n) is 8.26. The first-order valence-electron chi connectivity index (χ1n) is 16.0. The van der Waals surface area contributed by atoms with Crippen LogP contribution in [0, 0.1) is 23.2 Å². The largest absolute Gasteiger partial charge is 0.392 e. The van der Waals surface area contributed by atoms with Crippen molar-refractivity contribution in [2.75, 3.05) is 45.8 Å². The molecule has 0 aromatic heterocycles. The maximum absolute atomic E-state index is 14.8. The summed E-state index contributed by atoms with van der Waals surface area (Å²) in [6.45, 7) is 4.17. The summed E-state index contributed by atoms with van der Waals surface area (Å²) >= 11 is 0. The van der Waals surface area contributed by atoms with Crippen molar-refractivity contribution in [3.05, 3.63) is 0 Å². The highest BCUT2D eigenvalue weighted by Crippen LogP contribution is 2.52. The van der Waals surface area contributed by atoms with Gasteiger partial charge in [0.25, 0.3) is 0 Å². The van der Waals surface area contributed by atoms with Gasteiger partial charge in [-0.2, -0.15) is 18.7 Å². The molecule has 1 saturated carbocycles. The molecule has 1 spiro atoms. The average molecular weight is 573 g/mol. The molecule has 40 heavy (non-hydrogen) atoms. The lowest BCUT2D eigenvalue weighted by Gasteiger charge is -2.50. The summed E-state index contributed by atoms with van der Waals surface area (Å²) in [7, 11) is 0. The molecule has 4 aliphatic heterocycles. The Balaban J connectivity index is 1.16.